The van der Waals surface area contributed by atoms with Crippen LogP contribution in [0.4, 0.5) is 0 Å². The van der Waals surface area contributed by atoms with Crippen LogP contribution in [0.15, 0.2) is 49.9 Å². The summed E-state index contributed by atoms with van der Waals surface area (Å²) in [6.45, 7) is 8.36. The lowest BCUT2D eigenvalue weighted by Crippen LogP contribution is -2.11. The Morgan fingerprint density at radius 3 is 1.84 bits per heavy atom. The third kappa shape index (κ3) is 8.60. The van der Waals surface area contributed by atoms with E-state index in [1.165, 1.54) is 18.6 Å². The summed E-state index contributed by atoms with van der Waals surface area (Å²) in [5, 5.41) is 0. The highest BCUT2D eigenvalue weighted by molar-refractivity contribution is 5.95. The third-order valence-corrected chi connectivity index (χ3v) is 3.10. The first-order chi connectivity index (χ1) is 12.2. The monoisotopic (exact) mass is 348 g/mol. The lowest BCUT2D eigenvalue weighted by Gasteiger charge is -2.07. The number of esters is 2. The van der Waals surface area contributed by atoms with Crippen LogP contribution in [0.25, 0.3) is 0 Å². The van der Waals surface area contributed by atoms with E-state index >= 15 is 0 Å². The molecule has 0 aromatic heterocycles. The maximum absolute atomic E-state index is 12.0. The summed E-state index contributed by atoms with van der Waals surface area (Å²) < 4.78 is 20.2. The van der Waals surface area contributed by atoms with Crippen molar-refractivity contribution >= 4 is 11.9 Å². The van der Waals surface area contributed by atoms with E-state index in [-0.39, 0.29) is 13.2 Å². The molecule has 1 aromatic rings. The molecule has 0 atom stereocenters. The number of hydrogen-bond acceptors (Lipinski definition) is 6. The van der Waals surface area contributed by atoms with Crippen LogP contribution >= 0.6 is 0 Å². The molecule has 0 amide bonds. The zero-order valence-corrected chi connectivity index (χ0v) is 14.3. The van der Waals surface area contributed by atoms with Crippen LogP contribution in [0.2, 0.25) is 0 Å². The van der Waals surface area contributed by atoms with Gasteiger partial charge in [-0.05, 0) is 31.0 Å². The molecule has 0 bridgehead atoms. The van der Waals surface area contributed by atoms with Gasteiger partial charge in [-0.25, -0.2) is 9.59 Å². The van der Waals surface area contributed by atoms with Crippen LogP contribution in [0.1, 0.15) is 40.0 Å². The summed E-state index contributed by atoms with van der Waals surface area (Å²) in [4.78, 5) is 23.9. The normalized spacial score (nSPS) is 9.76. The van der Waals surface area contributed by atoms with Crippen molar-refractivity contribution in [1.29, 1.82) is 0 Å². The van der Waals surface area contributed by atoms with Gasteiger partial charge in [0, 0.05) is 6.42 Å². The summed E-state index contributed by atoms with van der Waals surface area (Å²) >= 11 is 0. The van der Waals surface area contributed by atoms with E-state index in [1.54, 1.807) is 18.2 Å². The molecular weight excluding hydrogens is 324 g/mol. The van der Waals surface area contributed by atoms with Gasteiger partial charge in [0.25, 0.3) is 0 Å². The average Bonchev–Trinajstić information content (AvgIpc) is 2.64. The molecule has 0 aliphatic rings. The Bertz CT molecular complexity index is 567. The van der Waals surface area contributed by atoms with Crippen molar-refractivity contribution in [2.24, 2.45) is 0 Å². The third-order valence-electron chi connectivity index (χ3n) is 3.10. The topological polar surface area (TPSA) is 71.1 Å². The quantitative estimate of drug-likeness (QED) is 0.309. The maximum atomic E-state index is 12.0. The molecule has 0 spiro atoms. The predicted molar refractivity (Wildman–Crippen MR) is 93.2 cm³/mol. The standard InChI is InChI=1S/C19H24O6/c1-3-22-11-5-6-13-24-18(20)16-9-7-10-17(15-16)19(21)25-14-8-12-23-4-2/h3-4,7,9-10,15H,1-2,5-6,8,11-14H2. The summed E-state index contributed by atoms with van der Waals surface area (Å²) in [6, 6.07) is 6.27. The first-order valence-corrected chi connectivity index (χ1v) is 8.08. The molecule has 0 saturated carbocycles. The van der Waals surface area contributed by atoms with Gasteiger partial charge in [0.1, 0.15) is 0 Å². The Morgan fingerprint density at radius 1 is 0.800 bits per heavy atom. The van der Waals surface area contributed by atoms with E-state index in [0.29, 0.717) is 37.2 Å². The molecule has 0 unspecified atom stereocenters. The minimum Gasteiger partial charge on any atom is -0.502 e. The van der Waals surface area contributed by atoms with E-state index in [1.807, 2.05) is 0 Å². The largest absolute Gasteiger partial charge is 0.502 e. The second-order valence-corrected chi connectivity index (χ2v) is 4.99. The molecule has 0 radical (unpaired) electrons. The fourth-order valence-electron chi connectivity index (χ4n) is 1.87. The summed E-state index contributed by atoms with van der Waals surface area (Å²) in [7, 11) is 0. The number of hydrogen-bond donors (Lipinski definition) is 0. The first kappa shape index (κ1) is 20.3. The van der Waals surface area contributed by atoms with Gasteiger partial charge in [-0.2, -0.15) is 0 Å². The van der Waals surface area contributed by atoms with Crippen LogP contribution in [0, 0.1) is 0 Å². The van der Waals surface area contributed by atoms with Gasteiger partial charge in [0.05, 0.1) is 50.1 Å². The summed E-state index contributed by atoms with van der Waals surface area (Å²) in [5.74, 6) is -0.964. The van der Waals surface area contributed by atoms with Gasteiger partial charge in [0.2, 0.25) is 0 Å². The van der Waals surface area contributed by atoms with Gasteiger partial charge >= 0.3 is 11.9 Å². The van der Waals surface area contributed by atoms with Crippen molar-refractivity contribution in [2.45, 2.75) is 19.3 Å². The van der Waals surface area contributed by atoms with E-state index in [9.17, 15) is 9.59 Å². The highest BCUT2D eigenvalue weighted by atomic mass is 16.5. The van der Waals surface area contributed by atoms with Crippen LogP contribution in [-0.4, -0.2) is 38.4 Å². The molecule has 1 rings (SSSR count). The van der Waals surface area contributed by atoms with Crippen molar-refractivity contribution < 1.29 is 28.5 Å². The van der Waals surface area contributed by atoms with E-state index < -0.39 is 11.9 Å². The molecule has 25 heavy (non-hydrogen) atoms. The number of carbonyl (C=O) groups is 2. The smallest absolute Gasteiger partial charge is 0.338 e. The molecule has 6 nitrogen and oxygen atoms in total. The Labute approximate surface area is 148 Å². The Hall–Kier alpha value is -2.76. The van der Waals surface area contributed by atoms with Crippen molar-refractivity contribution in [3.8, 4) is 0 Å². The highest BCUT2D eigenvalue weighted by Crippen LogP contribution is 2.09. The molecule has 0 N–H and O–H groups in total. The second kappa shape index (κ2) is 12.6. The van der Waals surface area contributed by atoms with Crippen LogP contribution in [-0.2, 0) is 18.9 Å². The lowest BCUT2D eigenvalue weighted by atomic mass is 10.1. The van der Waals surface area contributed by atoms with Gasteiger partial charge in [0.15, 0.2) is 0 Å². The molecule has 0 fully saturated rings. The van der Waals surface area contributed by atoms with Crippen LogP contribution < -0.4 is 0 Å². The summed E-state index contributed by atoms with van der Waals surface area (Å²) in [5.41, 5.74) is 0.616. The number of carbonyl (C=O) groups excluding carboxylic acids is 2. The van der Waals surface area contributed by atoms with Gasteiger partial charge < -0.3 is 18.9 Å². The fourth-order valence-corrected chi connectivity index (χ4v) is 1.87. The first-order valence-electron chi connectivity index (χ1n) is 8.08. The number of ether oxygens (including phenoxy) is 4. The average molecular weight is 348 g/mol. The predicted octanol–water partition coefficient (Wildman–Crippen LogP) is 3.49. The molecule has 6 heteroatoms. The van der Waals surface area contributed by atoms with Crippen molar-refractivity contribution in [1.82, 2.24) is 0 Å². The molecule has 136 valence electrons. The molecule has 0 heterocycles. The van der Waals surface area contributed by atoms with Crippen LogP contribution in [0.5, 0.6) is 0 Å². The Kier molecular flexibility index (Phi) is 10.3. The summed E-state index contributed by atoms with van der Waals surface area (Å²) in [6.07, 6.45) is 4.73. The van der Waals surface area contributed by atoms with Crippen molar-refractivity contribution in [3.63, 3.8) is 0 Å². The molecule has 1 aromatic carbocycles. The minimum atomic E-state index is -0.491. The van der Waals surface area contributed by atoms with Crippen molar-refractivity contribution in [3.05, 3.63) is 61.1 Å². The number of unbranched alkanes of at least 4 members (excludes halogenated alkanes) is 1. The van der Waals surface area contributed by atoms with E-state index in [0.717, 1.165) is 6.42 Å². The molecule has 0 aliphatic carbocycles. The van der Waals surface area contributed by atoms with Crippen LogP contribution in [0.3, 0.4) is 0 Å². The van der Waals surface area contributed by atoms with Gasteiger partial charge in [-0.3, -0.25) is 0 Å². The van der Waals surface area contributed by atoms with E-state index in [4.69, 9.17) is 18.9 Å². The Morgan fingerprint density at radius 2 is 1.28 bits per heavy atom. The SMILES string of the molecule is C=COCCCCOC(=O)c1cccc(C(=O)OCCCOC=C)c1. The molecular formula is C19H24O6. The number of rotatable bonds is 13. The maximum Gasteiger partial charge on any atom is 0.338 e. The Balaban J connectivity index is 2.39. The zero-order chi connectivity index (χ0) is 18.3. The molecule has 0 aliphatic heterocycles. The highest BCUT2D eigenvalue weighted by Gasteiger charge is 2.12. The van der Waals surface area contributed by atoms with Gasteiger partial charge in [-0.15, -0.1) is 0 Å². The van der Waals surface area contributed by atoms with E-state index in [2.05, 4.69) is 13.2 Å². The second-order valence-electron chi connectivity index (χ2n) is 4.99. The van der Waals surface area contributed by atoms with Crippen molar-refractivity contribution in [2.75, 3.05) is 26.4 Å². The lowest BCUT2D eigenvalue weighted by molar-refractivity contribution is 0.0478. The number of benzene rings is 1. The van der Waals surface area contributed by atoms with Gasteiger partial charge in [-0.1, -0.05) is 19.2 Å². The minimum absolute atomic E-state index is 0.230. The fraction of sp³-hybridized carbons (Fsp3) is 0.368. The zero-order valence-electron chi connectivity index (χ0n) is 14.3. The molecule has 0 saturated heterocycles.